The van der Waals surface area contributed by atoms with Crippen LogP contribution in [0.5, 0.6) is 0 Å². The minimum Gasteiger partial charge on any atom is -0.397 e. The second kappa shape index (κ2) is 13.8. The number of hydrogen-bond acceptors (Lipinski definition) is 6. The minimum atomic E-state index is -0.0250. The van der Waals surface area contributed by atoms with Gasteiger partial charge in [-0.15, -0.1) is 0 Å². The van der Waals surface area contributed by atoms with Gasteiger partial charge in [0.2, 0.25) is 0 Å². The number of carbonyl (C=O) groups excluding carboxylic acids is 1. The number of aryl methyl sites for hydroxylation is 2. The molecule has 0 saturated heterocycles. The Morgan fingerprint density at radius 2 is 1.71 bits per heavy atom. The van der Waals surface area contributed by atoms with Crippen LogP contribution < -0.4 is 16.6 Å². The molecule has 0 saturated carbocycles. The summed E-state index contributed by atoms with van der Waals surface area (Å²) in [5.74, 6) is 6.41. The molecule has 0 aliphatic carbocycles. The second-order valence-corrected chi connectivity index (χ2v) is 9.39. The van der Waals surface area contributed by atoms with Crippen LogP contribution in [0.4, 0.5) is 11.4 Å². The van der Waals surface area contributed by atoms with E-state index in [2.05, 4.69) is 0 Å². The average molecular weight is 480 g/mol. The number of thioether (sulfide) groups is 1. The highest BCUT2D eigenvalue weighted by molar-refractivity contribution is 8.13. The molecule has 5 nitrogen and oxygen atoms in total. The SMILES string of the molecule is CCN(N)c1cccc(C)c1N.Cc1ccc(CC(C)C(=O)SCc2ccccc2)cc1CO. The summed E-state index contributed by atoms with van der Waals surface area (Å²) in [6.07, 6.45) is 0.716. The summed E-state index contributed by atoms with van der Waals surface area (Å²) in [5, 5.41) is 11.2. The molecule has 0 aliphatic heterocycles. The van der Waals surface area contributed by atoms with Crippen LogP contribution in [0, 0.1) is 19.8 Å². The number of para-hydroxylation sites is 1. The van der Waals surface area contributed by atoms with Gasteiger partial charge in [0.25, 0.3) is 0 Å². The third-order valence-corrected chi connectivity index (χ3v) is 6.87. The van der Waals surface area contributed by atoms with Crippen molar-refractivity contribution >= 4 is 28.3 Å². The van der Waals surface area contributed by atoms with Crippen LogP contribution in [-0.2, 0) is 23.6 Å². The van der Waals surface area contributed by atoms with Gasteiger partial charge in [-0.25, -0.2) is 5.84 Å². The monoisotopic (exact) mass is 479 g/mol. The van der Waals surface area contributed by atoms with E-state index < -0.39 is 0 Å². The predicted molar refractivity (Wildman–Crippen MR) is 146 cm³/mol. The van der Waals surface area contributed by atoms with Gasteiger partial charge in [0.05, 0.1) is 18.0 Å². The Morgan fingerprint density at radius 1 is 1.00 bits per heavy atom. The first-order valence-corrected chi connectivity index (χ1v) is 12.5. The Bertz CT molecular complexity index is 1060. The summed E-state index contributed by atoms with van der Waals surface area (Å²) in [6.45, 7) is 8.72. The van der Waals surface area contributed by atoms with Gasteiger partial charge < -0.3 is 15.8 Å². The summed E-state index contributed by atoms with van der Waals surface area (Å²) in [7, 11) is 0. The highest BCUT2D eigenvalue weighted by atomic mass is 32.2. The van der Waals surface area contributed by atoms with Crippen molar-refractivity contribution in [1.82, 2.24) is 0 Å². The summed E-state index contributed by atoms with van der Waals surface area (Å²) in [5.41, 5.74) is 12.9. The third-order valence-electron chi connectivity index (χ3n) is 5.70. The van der Waals surface area contributed by atoms with E-state index in [0.29, 0.717) is 6.42 Å². The fourth-order valence-electron chi connectivity index (χ4n) is 3.42. The zero-order valence-electron chi connectivity index (χ0n) is 20.6. The van der Waals surface area contributed by atoms with Gasteiger partial charge in [0, 0.05) is 18.2 Å². The number of carbonyl (C=O) groups is 1. The normalized spacial score (nSPS) is 11.4. The lowest BCUT2D eigenvalue weighted by Crippen LogP contribution is -2.31. The number of anilines is 2. The van der Waals surface area contributed by atoms with E-state index in [9.17, 15) is 9.90 Å². The number of aliphatic hydroxyl groups is 1. The number of hydrogen-bond donors (Lipinski definition) is 3. The van der Waals surface area contributed by atoms with Crippen LogP contribution >= 0.6 is 11.8 Å². The van der Waals surface area contributed by atoms with Crippen molar-refractivity contribution in [2.75, 3.05) is 17.3 Å². The zero-order chi connectivity index (χ0) is 25.1. The Kier molecular flexibility index (Phi) is 11.1. The minimum absolute atomic E-state index is 0.0250. The maximum Gasteiger partial charge on any atom is 0.192 e. The molecule has 0 radical (unpaired) electrons. The molecule has 182 valence electrons. The van der Waals surface area contributed by atoms with E-state index in [4.69, 9.17) is 11.6 Å². The fraction of sp³-hybridized carbons (Fsp3) is 0.321. The zero-order valence-corrected chi connectivity index (χ0v) is 21.4. The number of nitrogens with zero attached hydrogens (tertiary/aromatic N) is 1. The Labute approximate surface area is 208 Å². The van der Waals surface area contributed by atoms with Gasteiger partial charge in [-0.3, -0.25) is 4.79 Å². The van der Waals surface area contributed by atoms with Gasteiger partial charge in [-0.2, -0.15) is 0 Å². The van der Waals surface area contributed by atoms with Gasteiger partial charge in [0.1, 0.15) is 0 Å². The number of hydrazine groups is 1. The molecule has 0 heterocycles. The van der Waals surface area contributed by atoms with Crippen LogP contribution in [0.15, 0.2) is 66.7 Å². The lowest BCUT2D eigenvalue weighted by Gasteiger charge is -2.19. The lowest BCUT2D eigenvalue weighted by atomic mass is 9.98. The van der Waals surface area contributed by atoms with Crippen LogP contribution in [-0.4, -0.2) is 16.8 Å². The van der Waals surface area contributed by atoms with Crippen LogP contribution in [0.3, 0.4) is 0 Å². The summed E-state index contributed by atoms with van der Waals surface area (Å²) < 4.78 is 0. The van der Waals surface area contributed by atoms with E-state index in [1.54, 1.807) is 5.01 Å². The molecule has 0 aliphatic rings. The molecule has 6 heteroatoms. The van der Waals surface area contributed by atoms with E-state index >= 15 is 0 Å². The molecule has 3 aromatic carbocycles. The molecule has 34 heavy (non-hydrogen) atoms. The molecule has 1 unspecified atom stereocenters. The average Bonchev–Trinajstić information content (AvgIpc) is 2.85. The number of benzene rings is 3. The molecule has 0 aromatic heterocycles. The second-order valence-electron chi connectivity index (χ2n) is 8.41. The summed E-state index contributed by atoms with van der Waals surface area (Å²) in [6, 6.07) is 22.0. The first kappa shape index (κ1) is 27.4. The molecule has 3 rings (SSSR count). The Balaban J connectivity index is 0.000000287. The van der Waals surface area contributed by atoms with Crippen molar-refractivity contribution in [3.8, 4) is 0 Å². The number of aliphatic hydroxyl groups excluding tert-OH is 1. The molecule has 1 atom stereocenters. The smallest absolute Gasteiger partial charge is 0.192 e. The summed E-state index contributed by atoms with van der Waals surface area (Å²) >= 11 is 1.38. The quantitative estimate of drug-likeness (QED) is 0.227. The molecule has 0 amide bonds. The van der Waals surface area contributed by atoms with Gasteiger partial charge in [0.15, 0.2) is 5.12 Å². The van der Waals surface area contributed by atoms with E-state index in [1.807, 2.05) is 94.4 Å². The van der Waals surface area contributed by atoms with E-state index in [-0.39, 0.29) is 17.6 Å². The van der Waals surface area contributed by atoms with Crippen molar-refractivity contribution < 1.29 is 9.90 Å². The molecule has 0 bridgehead atoms. The topological polar surface area (TPSA) is 92.6 Å². The van der Waals surface area contributed by atoms with Crippen molar-refractivity contribution in [3.05, 3.63) is 94.5 Å². The number of nitrogen functional groups attached to an aromatic ring is 1. The van der Waals surface area contributed by atoms with E-state index in [1.165, 1.54) is 17.3 Å². The van der Waals surface area contributed by atoms with Gasteiger partial charge in [-0.05, 0) is 61.1 Å². The number of rotatable bonds is 8. The standard InChI is InChI=1S/C19H22O2S.C9H15N3/c1-14-8-9-17(11-18(14)12-20)10-15(2)19(21)22-13-16-6-4-3-5-7-16;1-3-12(11)8-6-4-5-7(2)9(8)10/h3-9,11,15,20H,10,12-13H2,1-2H3;4-6H,3,10-11H2,1-2H3. The van der Waals surface area contributed by atoms with E-state index in [0.717, 1.165) is 45.9 Å². The molecular weight excluding hydrogens is 442 g/mol. The third kappa shape index (κ3) is 8.20. The Morgan fingerprint density at radius 3 is 2.35 bits per heavy atom. The highest BCUT2D eigenvalue weighted by Gasteiger charge is 2.15. The van der Waals surface area contributed by atoms with Crippen molar-refractivity contribution in [1.29, 1.82) is 0 Å². The maximum absolute atomic E-state index is 12.3. The summed E-state index contributed by atoms with van der Waals surface area (Å²) in [4.78, 5) is 12.3. The Hall–Kier alpha value is -2.80. The number of nitrogens with two attached hydrogens (primary N) is 2. The lowest BCUT2D eigenvalue weighted by molar-refractivity contribution is -0.113. The first-order chi connectivity index (χ1) is 16.3. The van der Waals surface area contributed by atoms with Gasteiger partial charge in [-0.1, -0.05) is 79.3 Å². The molecule has 0 fully saturated rings. The maximum atomic E-state index is 12.3. The predicted octanol–water partition coefficient (Wildman–Crippen LogP) is 5.40. The fourth-order valence-corrected chi connectivity index (χ4v) is 4.29. The van der Waals surface area contributed by atoms with Gasteiger partial charge >= 0.3 is 0 Å². The highest BCUT2D eigenvalue weighted by Crippen LogP contribution is 2.24. The first-order valence-electron chi connectivity index (χ1n) is 11.5. The van der Waals surface area contributed by atoms with Crippen molar-refractivity contribution in [2.45, 2.75) is 46.5 Å². The largest absolute Gasteiger partial charge is 0.397 e. The molecule has 0 spiro atoms. The van der Waals surface area contributed by atoms with Crippen LogP contribution in [0.2, 0.25) is 0 Å². The van der Waals surface area contributed by atoms with Crippen LogP contribution in [0.25, 0.3) is 0 Å². The van der Waals surface area contributed by atoms with Crippen molar-refractivity contribution in [3.63, 3.8) is 0 Å². The molecule has 5 N–H and O–H groups in total. The molecular formula is C28H37N3O2S. The van der Waals surface area contributed by atoms with Crippen molar-refractivity contribution in [2.24, 2.45) is 11.8 Å². The molecule has 3 aromatic rings. The van der Waals surface area contributed by atoms with Crippen LogP contribution in [0.1, 0.15) is 41.7 Å².